The fraction of sp³-hybridized carbons (Fsp3) is 0.571. The van der Waals surface area contributed by atoms with Gasteiger partial charge >= 0.3 is 0 Å². The molecule has 5 heteroatoms. The van der Waals surface area contributed by atoms with E-state index in [4.69, 9.17) is 0 Å². The third kappa shape index (κ3) is 3.23. The molecule has 1 aromatic heterocycles. The number of hydrogen-bond donors (Lipinski definition) is 1. The zero-order valence-corrected chi connectivity index (χ0v) is 11.7. The Morgan fingerprint density at radius 3 is 2.53 bits per heavy atom. The van der Waals surface area contributed by atoms with Gasteiger partial charge in [-0.3, -0.25) is 4.79 Å². The molecule has 5 nitrogen and oxygen atoms in total. The number of aliphatic hydroxyl groups excluding tert-OH is 1. The Balaban J connectivity index is 1.94. The molecular formula is C14H21N3O2. The van der Waals surface area contributed by atoms with Gasteiger partial charge in [-0.25, -0.2) is 4.98 Å². The molecule has 1 aromatic rings. The maximum Gasteiger partial charge on any atom is 0.255 e. The van der Waals surface area contributed by atoms with Crippen molar-refractivity contribution < 1.29 is 9.90 Å². The minimum atomic E-state index is -0.172. The molecule has 0 spiro atoms. The van der Waals surface area contributed by atoms with E-state index in [1.807, 2.05) is 25.1 Å². The lowest BCUT2D eigenvalue weighted by molar-refractivity contribution is 0.0265. The summed E-state index contributed by atoms with van der Waals surface area (Å²) in [5, 5.41) is 9.25. The number of amides is 1. The molecule has 0 radical (unpaired) electrons. The van der Waals surface area contributed by atoms with Crippen LogP contribution in [0.15, 0.2) is 18.3 Å². The van der Waals surface area contributed by atoms with Crippen LogP contribution in [0.3, 0.4) is 0 Å². The summed E-state index contributed by atoms with van der Waals surface area (Å²) in [7, 11) is 5.63. The number of anilines is 1. The van der Waals surface area contributed by atoms with Crippen LogP contribution < -0.4 is 4.90 Å². The van der Waals surface area contributed by atoms with Crippen LogP contribution in [0.4, 0.5) is 5.82 Å². The second-order valence-electron chi connectivity index (χ2n) is 5.48. The van der Waals surface area contributed by atoms with Crippen molar-refractivity contribution in [3.05, 3.63) is 23.9 Å². The largest absolute Gasteiger partial charge is 0.393 e. The van der Waals surface area contributed by atoms with E-state index < -0.39 is 0 Å². The van der Waals surface area contributed by atoms with Crippen molar-refractivity contribution in [2.24, 2.45) is 5.92 Å². The lowest BCUT2D eigenvalue weighted by Gasteiger charge is -2.34. The quantitative estimate of drug-likeness (QED) is 0.880. The van der Waals surface area contributed by atoms with Crippen molar-refractivity contribution in [3.8, 4) is 0 Å². The summed E-state index contributed by atoms with van der Waals surface area (Å²) in [6.45, 7) is 0.700. The van der Waals surface area contributed by atoms with Gasteiger partial charge in [-0.05, 0) is 30.9 Å². The first-order valence-electron chi connectivity index (χ1n) is 6.54. The number of rotatable bonds is 4. The van der Waals surface area contributed by atoms with Gasteiger partial charge in [-0.1, -0.05) is 0 Å². The fourth-order valence-corrected chi connectivity index (χ4v) is 2.32. The molecular weight excluding hydrogens is 242 g/mol. The number of aromatic nitrogens is 1. The van der Waals surface area contributed by atoms with E-state index in [1.165, 1.54) is 0 Å². The molecule has 1 N–H and O–H groups in total. The van der Waals surface area contributed by atoms with Gasteiger partial charge in [0.15, 0.2) is 0 Å². The average molecular weight is 263 g/mol. The van der Waals surface area contributed by atoms with Gasteiger partial charge in [0.2, 0.25) is 0 Å². The molecule has 0 saturated heterocycles. The summed E-state index contributed by atoms with van der Waals surface area (Å²) in [5.41, 5.74) is 0.605. The van der Waals surface area contributed by atoms with Crippen molar-refractivity contribution in [1.82, 2.24) is 9.88 Å². The maximum atomic E-state index is 12.2. The molecule has 104 valence electrons. The molecule has 1 heterocycles. The molecule has 1 aliphatic rings. The first kappa shape index (κ1) is 13.8. The summed E-state index contributed by atoms with van der Waals surface area (Å²) in [6, 6.07) is 3.64. The highest BCUT2D eigenvalue weighted by atomic mass is 16.3. The van der Waals surface area contributed by atoms with Gasteiger partial charge in [-0.2, -0.15) is 0 Å². The Morgan fingerprint density at radius 2 is 2.05 bits per heavy atom. The summed E-state index contributed by atoms with van der Waals surface area (Å²) in [6.07, 6.45) is 3.05. The molecule has 0 atom stereocenters. The Morgan fingerprint density at radius 1 is 1.37 bits per heavy atom. The normalized spacial score (nSPS) is 21.7. The third-order valence-corrected chi connectivity index (χ3v) is 3.54. The van der Waals surface area contributed by atoms with Gasteiger partial charge in [0, 0.05) is 33.9 Å². The Hall–Kier alpha value is -1.62. The number of carbonyl (C=O) groups excluding carboxylic acids is 1. The van der Waals surface area contributed by atoms with E-state index in [2.05, 4.69) is 4.98 Å². The van der Waals surface area contributed by atoms with Crippen LogP contribution in [-0.2, 0) is 0 Å². The van der Waals surface area contributed by atoms with Gasteiger partial charge in [0.1, 0.15) is 5.82 Å². The summed E-state index contributed by atoms with van der Waals surface area (Å²) in [5.74, 6) is 1.25. The van der Waals surface area contributed by atoms with E-state index in [0.717, 1.165) is 18.7 Å². The van der Waals surface area contributed by atoms with Crippen LogP contribution in [0.2, 0.25) is 0 Å². The zero-order chi connectivity index (χ0) is 14.0. The molecule has 0 bridgehead atoms. The first-order chi connectivity index (χ1) is 8.97. The molecule has 1 aliphatic carbocycles. The second kappa shape index (κ2) is 5.57. The molecule has 2 rings (SSSR count). The van der Waals surface area contributed by atoms with Crippen LogP contribution in [0.1, 0.15) is 23.2 Å². The van der Waals surface area contributed by atoms with Crippen LogP contribution in [0, 0.1) is 5.92 Å². The molecule has 0 aliphatic heterocycles. The van der Waals surface area contributed by atoms with Crippen molar-refractivity contribution in [1.29, 1.82) is 0 Å². The number of aliphatic hydroxyl groups is 1. The fourth-order valence-electron chi connectivity index (χ4n) is 2.32. The predicted octanol–water partition coefficient (Wildman–Crippen LogP) is 0.990. The minimum absolute atomic E-state index is 0.0146. The molecule has 1 amide bonds. The predicted molar refractivity (Wildman–Crippen MR) is 74.3 cm³/mol. The standard InChI is InChI=1S/C14H21N3O2/c1-16(2)13-5-4-11(8-15-13)14(19)17(3)9-10-6-12(18)7-10/h4-5,8,10,12,18H,6-7,9H2,1-3H3. The number of hydrogen-bond acceptors (Lipinski definition) is 4. The second-order valence-corrected chi connectivity index (χ2v) is 5.48. The number of carbonyl (C=O) groups is 1. The molecule has 0 aromatic carbocycles. The first-order valence-corrected chi connectivity index (χ1v) is 6.54. The monoisotopic (exact) mass is 263 g/mol. The SMILES string of the molecule is CN(CC1CC(O)C1)C(=O)c1ccc(N(C)C)nc1. The van der Waals surface area contributed by atoms with E-state index in [0.29, 0.717) is 18.0 Å². The van der Waals surface area contributed by atoms with Crippen LogP contribution in [-0.4, -0.2) is 54.7 Å². The van der Waals surface area contributed by atoms with E-state index >= 15 is 0 Å². The van der Waals surface area contributed by atoms with Gasteiger partial charge in [0.25, 0.3) is 5.91 Å². The van der Waals surface area contributed by atoms with Gasteiger partial charge in [0.05, 0.1) is 11.7 Å². The zero-order valence-electron chi connectivity index (χ0n) is 11.7. The minimum Gasteiger partial charge on any atom is -0.393 e. The molecule has 0 unspecified atom stereocenters. The third-order valence-electron chi connectivity index (χ3n) is 3.54. The Labute approximate surface area is 113 Å². The van der Waals surface area contributed by atoms with E-state index in [1.54, 1.807) is 24.2 Å². The average Bonchev–Trinajstić information content (AvgIpc) is 2.36. The highest BCUT2D eigenvalue weighted by Gasteiger charge is 2.29. The Kier molecular flexibility index (Phi) is 4.04. The summed E-state index contributed by atoms with van der Waals surface area (Å²) in [4.78, 5) is 20.0. The van der Waals surface area contributed by atoms with Crippen LogP contribution >= 0.6 is 0 Å². The smallest absolute Gasteiger partial charge is 0.255 e. The van der Waals surface area contributed by atoms with Crippen molar-refractivity contribution >= 4 is 11.7 Å². The van der Waals surface area contributed by atoms with Crippen molar-refractivity contribution in [2.45, 2.75) is 18.9 Å². The highest BCUT2D eigenvalue weighted by molar-refractivity contribution is 5.93. The van der Waals surface area contributed by atoms with Crippen molar-refractivity contribution in [2.75, 3.05) is 32.6 Å². The molecule has 1 fully saturated rings. The number of nitrogens with zero attached hydrogens (tertiary/aromatic N) is 3. The van der Waals surface area contributed by atoms with Crippen LogP contribution in [0.5, 0.6) is 0 Å². The van der Waals surface area contributed by atoms with Gasteiger partial charge in [-0.15, -0.1) is 0 Å². The topological polar surface area (TPSA) is 56.7 Å². The Bertz CT molecular complexity index is 439. The van der Waals surface area contributed by atoms with Crippen LogP contribution in [0.25, 0.3) is 0 Å². The summed E-state index contributed by atoms with van der Waals surface area (Å²) < 4.78 is 0. The van der Waals surface area contributed by atoms with Gasteiger partial charge < -0.3 is 14.9 Å². The van der Waals surface area contributed by atoms with Crippen molar-refractivity contribution in [3.63, 3.8) is 0 Å². The molecule has 19 heavy (non-hydrogen) atoms. The maximum absolute atomic E-state index is 12.2. The summed E-state index contributed by atoms with van der Waals surface area (Å²) >= 11 is 0. The van der Waals surface area contributed by atoms with E-state index in [9.17, 15) is 9.90 Å². The lowest BCUT2D eigenvalue weighted by Crippen LogP contribution is -2.39. The number of pyridine rings is 1. The van der Waals surface area contributed by atoms with E-state index in [-0.39, 0.29) is 12.0 Å². The highest BCUT2D eigenvalue weighted by Crippen LogP contribution is 2.27. The molecule has 1 saturated carbocycles. The lowest BCUT2D eigenvalue weighted by atomic mass is 9.82.